The minimum Gasteiger partial charge on any atom is -0.387 e. The van der Waals surface area contributed by atoms with Crippen LogP contribution >= 0.6 is 0 Å². The molecule has 1 unspecified atom stereocenters. The van der Waals surface area contributed by atoms with E-state index in [1.165, 1.54) is 0 Å². The third kappa shape index (κ3) is 4.19. The highest BCUT2D eigenvalue weighted by Gasteiger charge is 2.27. The number of alkyl halides is 3. The molecule has 0 heterocycles. The molecule has 0 aliphatic rings. The first-order valence-corrected chi connectivity index (χ1v) is 6.04. The Hall–Kier alpha value is -1.63. The zero-order valence-electron chi connectivity index (χ0n) is 10.5. The number of nitrogens with one attached hydrogen (secondary N) is 1. The van der Waals surface area contributed by atoms with E-state index in [1.807, 2.05) is 30.3 Å². The molecule has 6 heteroatoms. The van der Waals surface area contributed by atoms with Gasteiger partial charge in [0, 0.05) is 0 Å². The molecule has 1 atom stereocenters. The lowest BCUT2D eigenvalue weighted by molar-refractivity contribution is -0.191. The summed E-state index contributed by atoms with van der Waals surface area (Å²) in [6.07, 6.45) is -5.33. The Labute approximate surface area is 113 Å². The fraction of sp³-hybridized carbons (Fsp3) is 0.286. The highest BCUT2D eigenvalue weighted by molar-refractivity contribution is 5.83. The van der Waals surface area contributed by atoms with Gasteiger partial charge in [-0.2, -0.15) is 18.7 Å². The van der Waals surface area contributed by atoms with Crippen molar-refractivity contribution in [2.45, 2.75) is 12.3 Å². The maximum Gasteiger partial charge on any atom is 0.413 e. The van der Waals surface area contributed by atoms with Gasteiger partial charge in [0.1, 0.15) is 0 Å². The minimum absolute atomic E-state index is 0.117. The van der Waals surface area contributed by atoms with Gasteiger partial charge in [0.2, 0.25) is 0 Å². The molecular weight excluding hydrogens is 271 g/mol. The third-order valence-corrected chi connectivity index (χ3v) is 2.77. The number of aliphatic hydroxyl groups is 1. The van der Waals surface area contributed by atoms with Crippen molar-refractivity contribution in [1.29, 1.82) is 0 Å². The van der Waals surface area contributed by atoms with Gasteiger partial charge < -0.3 is 5.11 Å². The first-order valence-electron chi connectivity index (χ1n) is 6.04. The lowest BCUT2D eigenvalue weighted by Crippen LogP contribution is -2.28. The molecular formula is C14H14F3NO2. The van der Waals surface area contributed by atoms with Crippen molar-refractivity contribution in [3.05, 3.63) is 48.0 Å². The fourth-order valence-corrected chi connectivity index (χ4v) is 1.80. The molecule has 3 nitrogen and oxygen atoms in total. The zero-order chi connectivity index (χ0) is 14.6. The molecule has 0 saturated heterocycles. The highest BCUT2D eigenvalue weighted by atomic mass is 19.4. The van der Waals surface area contributed by atoms with Crippen molar-refractivity contribution in [3.8, 4) is 0 Å². The van der Waals surface area contributed by atoms with E-state index in [2.05, 4.69) is 10.3 Å². The molecule has 108 valence electrons. The van der Waals surface area contributed by atoms with Crippen molar-refractivity contribution in [2.75, 3.05) is 13.2 Å². The van der Waals surface area contributed by atoms with Crippen LogP contribution < -0.4 is 5.48 Å². The van der Waals surface area contributed by atoms with Crippen molar-refractivity contribution in [1.82, 2.24) is 5.48 Å². The lowest BCUT2D eigenvalue weighted by Gasteiger charge is -2.13. The number of rotatable bonds is 5. The normalized spacial score (nSPS) is 13.6. The van der Waals surface area contributed by atoms with E-state index in [9.17, 15) is 18.3 Å². The van der Waals surface area contributed by atoms with E-state index in [-0.39, 0.29) is 6.54 Å². The number of hydrogen-bond acceptors (Lipinski definition) is 3. The van der Waals surface area contributed by atoms with Crippen LogP contribution in [0.25, 0.3) is 10.8 Å². The second-order valence-corrected chi connectivity index (χ2v) is 4.37. The van der Waals surface area contributed by atoms with Crippen LogP contribution in [0.15, 0.2) is 42.5 Å². The molecule has 0 aromatic heterocycles. The van der Waals surface area contributed by atoms with Crippen molar-refractivity contribution in [2.24, 2.45) is 0 Å². The Balaban J connectivity index is 1.92. The number of hydrogen-bond donors (Lipinski definition) is 2. The number of fused-ring (bicyclic) bond motifs is 1. The molecule has 0 aliphatic carbocycles. The molecule has 0 aliphatic heterocycles. The molecule has 2 aromatic rings. The third-order valence-electron chi connectivity index (χ3n) is 2.77. The molecule has 0 saturated carbocycles. The van der Waals surface area contributed by atoms with Gasteiger partial charge in [0.25, 0.3) is 0 Å². The first kappa shape index (κ1) is 14.8. The van der Waals surface area contributed by atoms with Gasteiger partial charge in [-0.1, -0.05) is 36.4 Å². The summed E-state index contributed by atoms with van der Waals surface area (Å²) in [4.78, 5) is 4.24. The maximum atomic E-state index is 11.9. The summed E-state index contributed by atoms with van der Waals surface area (Å²) in [7, 11) is 0. The molecule has 20 heavy (non-hydrogen) atoms. The summed E-state index contributed by atoms with van der Waals surface area (Å²) in [5.41, 5.74) is 2.74. The van der Waals surface area contributed by atoms with Gasteiger partial charge in [0.05, 0.1) is 12.6 Å². The van der Waals surface area contributed by atoms with E-state index >= 15 is 0 Å². The Morgan fingerprint density at radius 2 is 1.80 bits per heavy atom. The largest absolute Gasteiger partial charge is 0.413 e. The van der Waals surface area contributed by atoms with E-state index in [4.69, 9.17) is 0 Å². The topological polar surface area (TPSA) is 41.5 Å². The van der Waals surface area contributed by atoms with Gasteiger partial charge in [0.15, 0.2) is 6.61 Å². The van der Waals surface area contributed by atoms with Crippen LogP contribution in [0.5, 0.6) is 0 Å². The Morgan fingerprint density at radius 3 is 2.50 bits per heavy atom. The number of aliphatic hydroxyl groups excluding tert-OH is 1. The van der Waals surface area contributed by atoms with E-state index in [0.29, 0.717) is 5.56 Å². The summed E-state index contributed by atoms with van der Waals surface area (Å²) < 4.78 is 35.6. The minimum atomic E-state index is -4.39. The Bertz CT molecular complexity index is 572. The molecule has 2 rings (SSSR count). The second kappa shape index (κ2) is 6.21. The predicted octanol–water partition coefficient (Wildman–Crippen LogP) is 2.96. The summed E-state index contributed by atoms with van der Waals surface area (Å²) in [5, 5.41) is 11.9. The molecule has 2 N–H and O–H groups in total. The van der Waals surface area contributed by atoms with Gasteiger partial charge >= 0.3 is 6.18 Å². The van der Waals surface area contributed by atoms with Crippen molar-refractivity contribution in [3.63, 3.8) is 0 Å². The van der Waals surface area contributed by atoms with Crippen LogP contribution in [0.1, 0.15) is 11.7 Å². The molecule has 2 aromatic carbocycles. The monoisotopic (exact) mass is 285 g/mol. The van der Waals surface area contributed by atoms with E-state index < -0.39 is 18.9 Å². The fourth-order valence-electron chi connectivity index (χ4n) is 1.80. The molecule has 0 radical (unpaired) electrons. The van der Waals surface area contributed by atoms with Crippen LogP contribution in [-0.4, -0.2) is 24.4 Å². The average molecular weight is 285 g/mol. The summed E-state index contributed by atoms with van der Waals surface area (Å²) >= 11 is 0. The van der Waals surface area contributed by atoms with Crippen LogP contribution in [0.4, 0.5) is 13.2 Å². The van der Waals surface area contributed by atoms with Crippen LogP contribution in [-0.2, 0) is 4.84 Å². The lowest BCUT2D eigenvalue weighted by atomic mass is 10.0. The van der Waals surface area contributed by atoms with Crippen molar-refractivity contribution < 1.29 is 23.1 Å². The summed E-state index contributed by atoms with van der Waals surface area (Å²) in [5.74, 6) is 0. The van der Waals surface area contributed by atoms with E-state index in [1.54, 1.807) is 12.1 Å². The second-order valence-electron chi connectivity index (χ2n) is 4.37. The first-order chi connectivity index (χ1) is 9.46. The summed E-state index contributed by atoms with van der Waals surface area (Å²) in [6.45, 7) is -1.51. The van der Waals surface area contributed by atoms with Gasteiger partial charge in [-0.25, -0.2) is 0 Å². The van der Waals surface area contributed by atoms with Crippen molar-refractivity contribution >= 4 is 10.8 Å². The number of benzene rings is 2. The summed E-state index contributed by atoms with van der Waals surface area (Å²) in [6, 6.07) is 13.0. The van der Waals surface area contributed by atoms with Gasteiger partial charge in [-0.05, 0) is 22.4 Å². The van der Waals surface area contributed by atoms with Crippen LogP contribution in [0, 0.1) is 0 Å². The average Bonchev–Trinajstić information content (AvgIpc) is 2.42. The Morgan fingerprint density at radius 1 is 1.10 bits per heavy atom. The smallest absolute Gasteiger partial charge is 0.387 e. The quantitative estimate of drug-likeness (QED) is 0.655. The van der Waals surface area contributed by atoms with Crippen LogP contribution in [0.2, 0.25) is 0 Å². The molecule has 0 spiro atoms. The molecule has 0 bridgehead atoms. The SMILES string of the molecule is OC(CNOCC(F)(F)F)c1ccc2ccccc2c1. The van der Waals surface area contributed by atoms with E-state index in [0.717, 1.165) is 10.8 Å². The number of hydroxylamine groups is 1. The maximum absolute atomic E-state index is 11.9. The number of halogens is 3. The molecule has 0 amide bonds. The Kier molecular flexibility index (Phi) is 4.59. The predicted molar refractivity (Wildman–Crippen MR) is 68.9 cm³/mol. The zero-order valence-corrected chi connectivity index (χ0v) is 10.5. The van der Waals surface area contributed by atoms with Gasteiger partial charge in [-0.15, -0.1) is 0 Å². The van der Waals surface area contributed by atoms with Crippen LogP contribution in [0.3, 0.4) is 0 Å². The van der Waals surface area contributed by atoms with Gasteiger partial charge in [-0.3, -0.25) is 4.84 Å². The standard InChI is InChI=1S/C14H14F3NO2/c15-14(16,17)9-20-18-8-13(19)12-6-5-10-3-1-2-4-11(10)7-12/h1-7,13,18-19H,8-9H2. The molecule has 0 fully saturated rings. The highest BCUT2D eigenvalue weighted by Crippen LogP contribution is 2.20.